The summed E-state index contributed by atoms with van der Waals surface area (Å²) in [5, 5.41) is 12.8. The van der Waals surface area contributed by atoms with E-state index in [4.69, 9.17) is 11.6 Å². The molecule has 0 radical (unpaired) electrons. The molecule has 0 spiro atoms. The van der Waals surface area contributed by atoms with Crippen LogP contribution in [0.1, 0.15) is 31.9 Å². The van der Waals surface area contributed by atoms with Crippen molar-refractivity contribution in [3.8, 4) is 11.4 Å². The second kappa shape index (κ2) is 9.01. The molecule has 3 rings (SSSR count). The highest BCUT2D eigenvalue weighted by molar-refractivity contribution is 7.99. The Hall–Kier alpha value is -2.31. The highest BCUT2D eigenvalue weighted by Crippen LogP contribution is 2.27. The summed E-state index contributed by atoms with van der Waals surface area (Å²) in [6.07, 6.45) is 0. The lowest BCUT2D eigenvalue weighted by atomic mass is 9.87. The summed E-state index contributed by atoms with van der Waals surface area (Å²) in [4.78, 5) is 12.2. The number of nitrogens with one attached hydrogen (secondary N) is 1. The molecule has 3 aromatic rings. The second-order valence-electron chi connectivity index (χ2n) is 7.88. The Bertz CT molecular complexity index is 976. The number of amides is 1. The molecule has 29 heavy (non-hydrogen) atoms. The minimum absolute atomic E-state index is 0.0518. The van der Waals surface area contributed by atoms with Crippen LogP contribution in [0.2, 0.25) is 5.02 Å². The zero-order chi connectivity index (χ0) is 21.0. The Morgan fingerprint density at radius 3 is 2.34 bits per heavy atom. The minimum Gasteiger partial charge on any atom is -0.351 e. The van der Waals surface area contributed by atoms with E-state index < -0.39 is 0 Å². The maximum atomic E-state index is 12.2. The third kappa shape index (κ3) is 5.61. The van der Waals surface area contributed by atoms with Crippen LogP contribution in [0, 0.1) is 0 Å². The predicted octanol–water partition coefficient (Wildman–Crippen LogP) is 4.84. The fourth-order valence-electron chi connectivity index (χ4n) is 2.80. The van der Waals surface area contributed by atoms with Gasteiger partial charge >= 0.3 is 0 Å². The zero-order valence-corrected chi connectivity index (χ0v) is 18.6. The number of carbonyl (C=O) groups is 1. The van der Waals surface area contributed by atoms with E-state index >= 15 is 0 Å². The van der Waals surface area contributed by atoms with E-state index in [9.17, 15) is 4.79 Å². The molecule has 0 bridgehead atoms. The van der Waals surface area contributed by atoms with Gasteiger partial charge in [-0.2, -0.15) is 0 Å². The molecule has 7 heteroatoms. The number of halogens is 1. The van der Waals surface area contributed by atoms with Gasteiger partial charge in [-0.25, -0.2) is 0 Å². The van der Waals surface area contributed by atoms with Crippen LogP contribution >= 0.6 is 23.4 Å². The Morgan fingerprint density at radius 2 is 1.72 bits per heavy atom. The molecule has 1 aromatic heterocycles. The summed E-state index contributed by atoms with van der Waals surface area (Å²) in [6, 6.07) is 15.8. The number of thioether (sulfide) groups is 1. The molecule has 0 atom stereocenters. The van der Waals surface area contributed by atoms with Crippen LogP contribution in [0.25, 0.3) is 11.4 Å². The molecule has 152 valence electrons. The van der Waals surface area contributed by atoms with Gasteiger partial charge in [0.25, 0.3) is 0 Å². The first kappa shape index (κ1) is 21.4. The number of aromatic nitrogens is 3. The molecule has 0 saturated carbocycles. The standard InChI is InChI=1S/C22H25ClN4OS/c1-22(2,3)17-9-7-16(8-10-17)20-25-26-21(27(20)4)29-14-19(28)24-13-15-5-11-18(23)12-6-15/h5-12H,13-14H2,1-4H3,(H,24,28). The van der Waals surface area contributed by atoms with Crippen LogP contribution in [-0.4, -0.2) is 26.4 Å². The molecule has 5 nitrogen and oxygen atoms in total. The molecular formula is C22H25ClN4OS. The molecule has 0 unspecified atom stereocenters. The summed E-state index contributed by atoms with van der Waals surface area (Å²) in [5.41, 5.74) is 3.40. The van der Waals surface area contributed by atoms with Gasteiger partial charge in [-0.1, -0.05) is 80.5 Å². The largest absolute Gasteiger partial charge is 0.351 e. The topological polar surface area (TPSA) is 59.8 Å². The third-order valence-electron chi connectivity index (χ3n) is 4.58. The number of benzene rings is 2. The SMILES string of the molecule is Cn1c(SCC(=O)NCc2ccc(Cl)cc2)nnc1-c1ccc(C(C)(C)C)cc1. The Labute approximate surface area is 180 Å². The molecule has 2 aromatic carbocycles. The average molecular weight is 429 g/mol. The zero-order valence-electron chi connectivity index (χ0n) is 17.1. The van der Waals surface area contributed by atoms with Gasteiger partial charge in [0.2, 0.25) is 5.91 Å². The van der Waals surface area contributed by atoms with Crippen molar-refractivity contribution in [1.82, 2.24) is 20.1 Å². The van der Waals surface area contributed by atoms with Crippen molar-refractivity contribution in [2.45, 2.75) is 37.9 Å². The summed E-state index contributed by atoms with van der Waals surface area (Å²) >= 11 is 7.25. The number of rotatable bonds is 6. The summed E-state index contributed by atoms with van der Waals surface area (Å²) < 4.78 is 1.92. The van der Waals surface area contributed by atoms with Crippen molar-refractivity contribution in [2.75, 3.05) is 5.75 Å². The first-order valence-electron chi connectivity index (χ1n) is 9.38. The summed E-state index contributed by atoms with van der Waals surface area (Å²) in [5.74, 6) is 1.02. The van der Waals surface area contributed by atoms with E-state index in [1.165, 1.54) is 17.3 Å². The van der Waals surface area contributed by atoms with Crippen molar-refractivity contribution >= 4 is 29.3 Å². The normalized spacial score (nSPS) is 11.5. The maximum absolute atomic E-state index is 12.2. The Morgan fingerprint density at radius 1 is 1.07 bits per heavy atom. The molecular weight excluding hydrogens is 404 g/mol. The van der Waals surface area contributed by atoms with Gasteiger partial charge in [-0.3, -0.25) is 4.79 Å². The van der Waals surface area contributed by atoms with Crippen molar-refractivity contribution in [3.63, 3.8) is 0 Å². The lowest BCUT2D eigenvalue weighted by Crippen LogP contribution is -2.24. The molecule has 1 amide bonds. The number of carbonyl (C=O) groups excluding carboxylic acids is 1. The number of hydrogen-bond acceptors (Lipinski definition) is 4. The van der Waals surface area contributed by atoms with E-state index in [0.29, 0.717) is 16.7 Å². The molecule has 0 saturated heterocycles. The van der Waals surface area contributed by atoms with Crippen molar-refractivity contribution in [3.05, 3.63) is 64.7 Å². The van der Waals surface area contributed by atoms with Gasteiger partial charge in [0.05, 0.1) is 5.75 Å². The summed E-state index contributed by atoms with van der Waals surface area (Å²) in [6.45, 7) is 7.05. The lowest BCUT2D eigenvalue weighted by molar-refractivity contribution is -0.118. The fraction of sp³-hybridized carbons (Fsp3) is 0.318. The molecule has 0 aliphatic carbocycles. The third-order valence-corrected chi connectivity index (χ3v) is 5.85. The van der Waals surface area contributed by atoms with Gasteiger partial charge in [0.15, 0.2) is 11.0 Å². The fourth-order valence-corrected chi connectivity index (χ4v) is 3.66. The number of hydrogen-bond donors (Lipinski definition) is 1. The van der Waals surface area contributed by atoms with Crippen LogP contribution in [0.3, 0.4) is 0 Å². The highest BCUT2D eigenvalue weighted by atomic mass is 35.5. The van der Waals surface area contributed by atoms with Crippen LogP contribution in [0.15, 0.2) is 53.7 Å². The minimum atomic E-state index is -0.0518. The predicted molar refractivity (Wildman–Crippen MR) is 119 cm³/mol. The maximum Gasteiger partial charge on any atom is 0.230 e. The smallest absolute Gasteiger partial charge is 0.230 e. The van der Waals surface area contributed by atoms with Crippen molar-refractivity contribution < 1.29 is 4.79 Å². The number of nitrogens with zero attached hydrogens (tertiary/aromatic N) is 3. The van der Waals surface area contributed by atoms with Crippen LogP contribution < -0.4 is 5.32 Å². The molecule has 0 aliphatic rings. The first-order valence-corrected chi connectivity index (χ1v) is 10.7. The average Bonchev–Trinajstić information content (AvgIpc) is 3.06. The van der Waals surface area contributed by atoms with E-state index in [1.54, 1.807) is 0 Å². The summed E-state index contributed by atoms with van der Waals surface area (Å²) in [7, 11) is 1.92. The van der Waals surface area contributed by atoms with Crippen LogP contribution in [-0.2, 0) is 23.8 Å². The van der Waals surface area contributed by atoms with E-state index in [1.807, 2.05) is 35.9 Å². The van der Waals surface area contributed by atoms with Gasteiger partial charge in [0.1, 0.15) is 0 Å². The van der Waals surface area contributed by atoms with Gasteiger partial charge in [0, 0.05) is 24.2 Å². The Kier molecular flexibility index (Phi) is 6.65. The Balaban J connectivity index is 1.58. The van der Waals surface area contributed by atoms with Gasteiger partial charge in [-0.05, 0) is 28.7 Å². The molecule has 1 heterocycles. The van der Waals surface area contributed by atoms with Crippen LogP contribution in [0.5, 0.6) is 0 Å². The first-order chi connectivity index (χ1) is 13.7. The molecule has 0 aliphatic heterocycles. The van der Waals surface area contributed by atoms with E-state index in [-0.39, 0.29) is 17.1 Å². The van der Waals surface area contributed by atoms with Gasteiger partial charge in [-0.15, -0.1) is 10.2 Å². The van der Waals surface area contributed by atoms with E-state index in [0.717, 1.165) is 17.0 Å². The van der Waals surface area contributed by atoms with Crippen molar-refractivity contribution in [2.24, 2.45) is 7.05 Å². The van der Waals surface area contributed by atoms with Crippen molar-refractivity contribution in [1.29, 1.82) is 0 Å². The van der Waals surface area contributed by atoms with E-state index in [2.05, 4.69) is 60.6 Å². The van der Waals surface area contributed by atoms with Crippen LogP contribution in [0.4, 0.5) is 0 Å². The molecule has 1 N–H and O–H groups in total. The second-order valence-corrected chi connectivity index (χ2v) is 9.26. The highest BCUT2D eigenvalue weighted by Gasteiger charge is 2.16. The monoisotopic (exact) mass is 428 g/mol. The molecule has 0 fully saturated rings. The van der Waals surface area contributed by atoms with Gasteiger partial charge < -0.3 is 9.88 Å². The quantitative estimate of drug-likeness (QED) is 0.570. The lowest BCUT2D eigenvalue weighted by Gasteiger charge is -2.19.